The van der Waals surface area contributed by atoms with E-state index in [2.05, 4.69) is 129 Å². The minimum absolute atomic E-state index is 0.00359. The molecule has 2 aromatic carbocycles. The molecule has 2 heterocycles. The van der Waals surface area contributed by atoms with Gasteiger partial charge in [-0.1, -0.05) is 26.0 Å². The molecular formula is C35H48N2. The number of rotatable bonds is 4. The van der Waals surface area contributed by atoms with Gasteiger partial charge in [-0.15, -0.1) is 0 Å². The number of fused-ring (bicyclic) bond motifs is 5. The molecule has 0 amide bonds. The molecule has 198 valence electrons. The van der Waals surface area contributed by atoms with Crippen molar-refractivity contribution in [2.75, 3.05) is 9.80 Å². The number of hydrogen-bond acceptors (Lipinski definition) is 2. The lowest BCUT2D eigenvalue weighted by Crippen LogP contribution is -2.49. The van der Waals surface area contributed by atoms with Gasteiger partial charge in [-0.3, -0.25) is 0 Å². The predicted octanol–water partition coefficient (Wildman–Crippen LogP) is 9.59. The lowest BCUT2D eigenvalue weighted by atomic mass is 9.72. The van der Waals surface area contributed by atoms with Crippen LogP contribution in [0.3, 0.4) is 0 Å². The van der Waals surface area contributed by atoms with E-state index in [0.717, 1.165) is 12.8 Å². The van der Waals surface area contributed by atoms with Gasteiger partial charge in [0.1, 0.15) is 0 Å². The Bertz CT molecular complexity index is 1230. The molecule has 2 heteroatoms. The highest BCUT2D eigenvalue weighted by atomic mass is 15.2. The fourth-order valence-electron chi connectivity index (χ4n) is 8.46. The van der Waals surface area contributed by atoms with Crippen LogP contribution in [-0.2, 0) is 5.41 Å². The van der Waals surface area contributed by atoms with Gasteiger partial charge in [-0.25, -0.2) is 0 Å². The predicted molar refractivity (Wildman–Crippen MR) is 164 cm³/mol. The third-order valence-electron chi connectivity index (χ3n) is 9.58. The molecule has 0 N–H and O–H groups in total. The van der Waals surface area contributed by atoms with Crippen molar-refractivity contribution < 1.29 is 0 Å². The van der Waals surface area contributed by atoms with Crippen molar-refractivity contribution >= 4 is 22.5 Å². The Morgan fingerprint density at radius 1 is 0.595 bits per heavy atom. The number of hydrogen-bond donors (Lipinski definition) is 0. The molecule has 0 saturated carbocycles. The quantitative estimate of drug-likeness (QED) is 0.416. The average Bonchev–Trinajstić information content (AvgIpc) is 3.03. The molecule has 3 aliphatic rings. The third-order valence-corrected chi connectivity index (χ3v) is 9.58. The number of benzene rings is 2. The molecule has 0 bridgehead atoms. The van der Waals surface area contributed by atoms with Crippen molar-refractivity contribution in [3.63, 3.8) is 0 Å². The van der Waals surface area contributed by atoms with Crippen molar-refractivity contribution in [3.05, 3.63) is 58.7 Å². The minimum atomic E-state index is -0.00359. The van der Waals surface area contributed by atoms with Crippen LogP contribution >= 0.6 is 0 Å². The molecule has 1 aliphatic carbocycles. The standard InChI is InChI=1S/C35H48N2/c1-13-35(14-2)29-17-31-25(23(7)19-33(9,10)36(31)21(3)4)15-27(29)28-16-26-24(8)20-34(11,12)37(22(5)6)32(26)18-30(28)35/h15-22H,13-14H2,1-12H3. The summed E-state index contributed by atoms with van der Waals surface area (Å²) >= 11 is 0. The van der Waals surface area contributed by atoms with E-state index >= 15 is 0 Å². The van der Waals surface area contributed by atoms with Crippen molar-refractivity contribution in [2.24, 2.45) is 0 Å². The zero-order valence-electron chi connectivity index (χ0n) is 25.4. The summed E-state index contributed by atoms with van der Waals surface area (Å²) < 4.78 is 0. The Morgan fingerprint density at radius 3 is 1.24 bits per heavy atom. The Labute approximate surface area is 226 Å². The first kappa shape index (κ1) is 26.1. The molecule has 37 heavy (non-hydrogen) atoms. The van der Waals surface area contributed by atoms with Crippen molar-refractivity contribution in [2.45, 2.75) is 125 Å². The minimum Gasteiger partial charge on any atom is -0.360 e. The van der Waals surface area contributed by atoms with E-state index < -0.39 is 0 Å². The molecule has 0 radical (unpaired) electrons. The summed E-state index contributed by atoms with van der Waals surface area (Å²) in [5, 5.41) is 0. The van der Waals surface area contributed by atoms with Crippen molar-refractivity contribution in [1.29, 1.82) is 0 Å². The zero-order valence-corrected chi connectivity index (χ0v) is 25.4. The van der Waals surface area contributed by atoms with Crippen molar-refractivity contribution in [1.82, 2.24) is 0 Å². The Kier molecular flexibility index (Phi) is 5.83. The molecule has 2 aliphatic heterocycles. The van der Waals surface area contributed by atoms with Gasteiger partial charge in [0.05, 0.1) is 11.1 Å². The van der Waals surface area contributed by atoms with E-state index in [1.165, 1.54) is 55.9 Å². The highest BCUT2D eigenvalue weighted by Gasteiger charge is 2.45. The molecular weight excluding hydrogens is 448 g/mol. The van der Waals surface area contributed by atoms with Gasteiger partial charge in [0.2, 0.25) is 0 Å². The second kappa shape index (κ2) is 8.26. The fourth-order valence-corrected chi connectivity index (χ4v) is 8.46. The lowest BCUT2D eigenvalue weighted by Gasteiger charge is -2.47. The van der Waals surface area contributed by atoms with Crippen LogP contribution in [0.15, 0.2) is 36.4 Å². The van der Waals surface area contributed by atoms with Gasteiger partial charge in [-0.05, 0) is 140 Å². The highest BCUT2D eigenvalue weighted by Crippen LogP contribution is 2.58. The second-order valence-corrected chi connectivity index (χ2v) is 13.5. The molecule has 0 spiro atoms. The zero-order chi connectivity index (χ0) is 27.2. The highest BCUT2D eigenvalue weighted by molar-refractivity contribution is 5.94. The van der Waals surface area contributed by atoms with Gasteiger partial charge >= 0.3 is 0 Å². The summed E-state index contributed by atoms with van der Waals surface area (Å²) in [6, 6.07) is 11.1. The van der Waals surface area contributed by atoms with Crippen LogP contribution < -0.4 is 9.80 Å². The SMILES string of the molecule is CCC1(CC)c2cc3c(cc2-c2cc4c(cc21)N(C(C)C)C(C)(C)C=C4C)C(C)=CC(C)(C)N3C(C)C. The van der Waals surface area contributed by atoms with Gasteiger partial charge in [0.15, 0.2) is 0 Å². The summed E-state index contributed by atoms with van der Waals surface area (Å²) in [5.41, 5.74) is 14.4. The Balaban J connectivity index is 1.84. The monoisotopic (exact) mass is 496 g/mol. The normalized spacial score (nSPS) is 20.4. The molecule has 0 atom stereocenters. The number of allylic oxidation sites excluding steroid dienone is 2. The first-order chi connectivity index (χ1) is 17.2. The first-order valence-electron chi connectivity index (χ1n) is 14.6. The molecule has 0 unspecified atom stereocenters. The first-order valence-corrected chi connectivity index (χ1v) is 14.6. The van der Waals surface area contributed by atoms with Crippen LogP contribution in [0.25, 0.3) is 22.3 Å². The average molecular weight is 497 g/mol. The summed E-state index contributed by atoms with van der Waals surface area (Å²) in [6.45, 7) is 28.2. The van der Waals surface area contributed by atoms with E-state index in [9.17, 15) is 0 Å². The number of nitrogens with zero attached hydrogens (tertiary/aromatic N) is 2. The van der Waals surface area contributed by atoms with Gasteiger partial charge in [0, 0.05) is 40.0 Å². The van der Waals surface area contributed by atoms with E-state index in [4.69, 9.17) is 0 Å². The molecule has 5 rings (SSSR count). The van der Waals surface area contributed by atoms with E-state index in [1.807, 2.05) is 0 Å². The maximum Gasteiger partial charge on any atom is 0.0537 e. The van der Waals surface area contributed by atoms with Crippen LogP contribution in [0.1, 0.15) is 118 Å². The largest absolute Gasteiger partial charge is 0.360 e. The van der Waals surface area contributed by atoms with Crippen LogP contribution in [0, 0.1) is 0 Å². The molecule has 2 nitrogen and oxygen atoms in total. The molecule has 2 aromatic rings. The molecule has 0 fully saturated rings. The van der Waals surface area contributed by atoms with Crippen LogP contribution in [0.4, 0.5) is 11.4 Å². The van der Waals surface area contributed by atoms with Crippen LogP contribution in [-0.4, -0.2) is 23.2 Å². The van der Waals surface area contributed by atoms with Crippen molar-refractivity contribution in [3.8, 4) is 11.1 Å². The van der Waals surface area contributed by atoms with Crippen LogP contribution in [0.5, 0.6) is 0 Å². The maximum absolute atomic E-state index is 2.63. The summed E-state index contributed by atoms with van der Waals surface area (Å²) in [4.78, 5) is 5.27. The molecule has 0 saturated heterocycles. The maximum atomic E-state index is 2.63. The van der Waals surface area contributed by atoms with E-state index in [0.29, 0.717) is 12.1 Å². The lowest BCUT2D eigenvalue weighted by molar-refractivity contribution is 0.483. The fraction of sp³-hybridized carbons (Fsp3) is 0.543. The van der Waals surface area contributed by atoms with E-state index in [-0.39, 0.29) is 16.5 Å². The third kappa shape index (κ3) is 3.50. The molecule has 0 aromatic heterocycles. The number of anilines is 2. The van der Waals surface area contributed by atoms with Crippen LogP contribution in [0.2, 0.25) is 0 Å². The topological polar surface area (TPSA) is 6.48 Å². The summed E-state index contributed by atoms with van der Waals surface area (Å²) in [5.74, 6) is 0. The van der Waals surface area contributed by atoms with Gasteiger partial charge in [0.25, 0.3) is 0 Å². The summed E-state index contributed by atoms with van der Waals surface area (Å²) in [7, 11) is 0. The van der Waals surface area contributed by atoms with Gasteiger partial charge < -0.3 is 9.80 Å². The van der Waals surface area contributed by atoms with Gasteiger partial charge in [-0.2, -0.15) is 0 Å². The second-order valence-electron chi connectivity index (χ2n) is 13.5. The van der Waals surface area contributed by atoms with E-state index in [1.54, 1.807) is 0 Å². The Hall–Kier alpha value is -2.48. The Morgan fingerprint density at radius 2 is 0.946 bits per heavy atom. The smallest absolute Gasteiger partial charge is 0.0537 e. The summed E-state index contributed by atoms with van der Waals surface area (Å²) in [6.07, 6.45) is 7.15.